The SMILES string of the molecule is CSc1nsc(NC(=O)/C(C#N)=C\c2c(C)[nH]c3ccccc23)n1. The summed E-state index contributed by atoms with van der Waals surface area (Å²) in [4.78, 5) is 19.7. The van der Waals surface area contributed by atoms with Crippen LogP contribution in [0.2, 0.25) is 0 Å². The Labute approximate surface area is 146 Å². The van der Waals surface area contributed by atoms with Crippen LogP contribution in [0.3, 0.4) is 0 Å². The molecule has 0 aliphatic carbocycles. The largest absolute Gasteiger partial charge is 0.358 e. The lowest BCUT2D eigenvalue weighted by atomic mass is 10.1. The van der Waals surface area contributed by atoms with Gasteiger partial charge >= 0.3 is 0 Å². The van der Waals surface area contributed by atoms with Crippen molar-refractivity contribution in [1.29, 1.82) is 5.26 Å². The number of hydrogen-bond acceptors (Lipinski definition) is 6. The van der Waals surface area contributed by atoms with E-state index >= 15 is 0 Å². The number of aromatic nitrogens is 3. The van der Waals surface area contributed by atoms with E-state index in [1.54, 1.807) is 6.08 Å². The quantitative estimate of drug-likeness (QED) is 0.424. The zero-order valence-corrected chi connectivity index (χ0v) is 14.6. The smallest absolute Gasteiger partial charge is 0.268 e. The van der Waals surface area contributed by atoms with E-state index < -0.39 is 5.91 Å². The van der Waals surface area contributed by atoms with E-state index in [9.17, 15) is 10.1 Å². The number of nitriles is 1. The highest BCUT2D eigenvalue weighted by molar-refractivity contribution is 7.98. The van der Waals surface area contributed by atoms with E-state index in [-0.39, 0.29) is 5.57 Å². The van der Waals surface area contributed by atoms with Gasteiger partial charge in [0.05, 0.1) is 0 Å². The molecule has 0 fully saturated rings. The van der Waals surface area contributed by atoms with Crippen LogP contribution in [0, 0.1) is 18.3 Å². The number of aromatic amines is 1. The van der Waals surface area contributed by atoms with Gasteiger partial charge in [0.1, 0.15) is 11.6 Å². The van der Waals surface area contributed by atoms with Crippen LogP contribution in [0.4, 0.5) is 5.13 Å². The summed E-state index contributed by atoms with van der Waals surface area (Å²) < 4.78 is 4.08. The zero-order chi connectivity index (χ0) is 17.1. The van der Waals surface area contributed by atoms with Crippen LogP contribution in [0.15, 0.2) is 35.0 Å². The van der Waals surface area contributed by atoms with Crippen molar-refractivity contribution in [3.63, 3.8) is 0 Å². The van der Waals surface area contributed by atoms with Crippen molar-refractivity contribution >= 4 is 51.3 Å². The van der Waals surface area contributed by atoms with Crippen molar-refractivity contribution in [3.8, 4) is 6.07 Å². The molecule has 3 aromatic rings. The minimum atomic E-state index is -0.494. The number of nitrogens with zero attached hydrogens (tertiary/aromatic N) is 3. The molecule has 1 aromatic carbocycles. The molecule has 0 unspecified atom stereocenters. The van der Waals surface area contributed by atoms with Crippen molar-refractivity contribution in [3.05, 3.63) is 41.1 Å². The second-order valence-electron chi connectivity index (χ2n) is 4.92. The summed E-state index contributed by atoms with van der Waals surface area (Å²) in [7, 11) is 0. The highest BCUT2D eigenvalue weighted by Gasteiger charge is 2.14. The number of rotatable bonds is 4. The summed E-state index contributed by atoms with van der Waals surface area (Å²) in [5, 5.41) is 13.9. The fourth-order valence-electron chi connectivity index (χ4n) is 2.29. The minimum Gasteiger partial charge on any atom is -0.358 e. The van der Waals surface area contributed by atoms with Crippen LogP contribution in [0.5, 0.6) is 0 Å². The standard InChI is InChI=1S/C16H13N5OS2/c1-9-12(11-5-3-4-6-13(11)18-9)7-10(8-17)14(22)19-15-20-16(23-2)21-24-15/h3-7,18H,1-2H3,(H,19,20,21,22)/b10-7-. The number of anilines is 1. The van der Waals surface area contributed by atoms with Crippen LogP contribution in [-0.2, 0) is 4.79 Å². The molecule has 0 atom stereocenters. The van der Waals surface area contributed by atoms with Gasteiger partial charge in [0.25, 0.3) is 5.91 Å². The third-order valence-electron chi connectivity index (χ3n) is 3.41. The van der Waals surface area contributed by atoms with E-state index in [2.05, 4.69) is 19.7 Å². The first-order valence-electron chi connectivity index (χ1n) is 7.00. The molecule has 8 heteroatoms. The van der Waals surface area contributed by atoms with E-state index in [0.29, 0.717) is 10.3 Å². The zero-order valence-electron chi connectivity index (χ0n) is 13.0. The Morgan fingerprint density at radius 3 is 2.96 bits per heavy atom. The Morgan fingerprint density at radius 2 is 2.25 bits per heavy atom. The van der Waals surface area contributed by atoms with Crippen molar-refractivity contribution in [2.45, 2.75) is 12.1 Å². The van der Waals surface area contributed by atoms with Gasteiger partial charge < -0.3 is 4.98 Å². The average molecular weight is 355 g/mol. The van der Waals surface area contributed by atoms with E-state index in [0.717, 1.165) is 33.7 Å². The molecule has 1 amide bonds. The average Bonchev–Trinajstić information content (AvgIpc) is 3.16. The molecule has 3 rings (SSSR count). The Kier molecular flexibility index (Phi) is 4.64. The number of amides is 1. The lowest BCUT2D eigenvalue weighted by molar-refractivity contribution is -0.112. The first-order valence-corrected chi connectivity index (χ1v) is 9.00. The van der Waals surface area contributed by atoms with Crippen molar-refractivity contribution in [1.82, 2.24) is 14.3 Å². The molecule has 24 heavy (non-hydrogen) atoms. The summed E-state index contributed by atoms with van der Waals surface area (Å²) in [5.41, 5.74) is 2.72. The molecule has 2 heterocycles. The highest BCUT2D eigenvalue weighted by atomic mass is 32.2. The number of H-pyrrole nitrogens is 1. The van der Waals surface area contributed by atoms with E-state index in [4.69, 9.17) is 0 Å². The first kappa shape index (κ1) is 16.2. The normalized spacial score (nSPS) is 11.5. The predicted molar refractivity (Wildman–Crippen MR) is 96.9 cm³/mol. The Hall–Kier alpha value is -2.63. The first-order chi connectivity index (χ1) is 11.6. The lowest BCUT2D eigenvalue weighted by Crippen LogP contribution is -2.13. The third-order valence-corrected chi connectivity index (χ3v) is 4.70. The Balaban J connectivity index is 1.92. The molecular formula is C16H13N5OS2. The molecule has 0 saturated carbocycles. The molecule has 0 radical (unpaired) electrons. The monoisotopic (exact) mass is 355 g/mol. The maximum Gasteiger partial charge on any atom is 0.268 e. The van der Waals surface area contributed by atoms with Crippen LogP contribution in [0.25, 0.3) is 17.0 Å². The lowest BCUT2D eigenvalue weighted by Gasteiger charge is -2.00. The van der Waals surface area contributed by atoms with Gasteiger partial charge in [-0.15, -0.1) is 0 Å². The number of benzene rings is 1. The molecule has 0 aliphatic heterocycles. The minimum absolute atomic E-state index is 0.0174. The number of hydrogen-bond donors (Lipinski definition) is 2. The summed E-state index contributed by atoms with van der Waals surface area (Å²) in [6, 6.07) is 9.72. The molecule has 0 bridgehead atoms. The fraction of sp³-hybridized carbons (Fsp3) is 0.125. The summed E-state index contributed by atoms with van der Waals surface area (Å²) in [6.45, 7) is 1.91. The number of carbonyl (C=O) groups is 1. The van der Waals surface area contributed by atoms with Gasteiger partial charge in [-0.05, 0) is 25.3 Å². The van der Waals surface area contributed by atoms with Crippen LogP contribution in [-0.4, -0.2) is 26.5 Å². The Morgan fingerprint density at radius 1 is 1.46 bits per heavy atom. The van der Waals surface area contributed by atoms with Gasteiger partial charge in [0, 0.05) is 33.7 Å². The van der Waals surface area contributed by atoms with Crippen molar-refractivity contribution < 1.29 is 4.79 Å². The molecule has 0 aliphatic rings. The number of carbonyl (C=O) groups excluding carboxylic acids is 1. The maximum atomic E-state index is 12.3. The summed E-state index contributed by atoms with van der Waals surface area (Å²) in [6.07, 6.45) is 3.45. The van der Waals surface area contributed by atoms with Gasteiger partial charge in [-0.2, -0.15) is 14.6 Å². The summed E-state index contributed by atoms with van der Waals surface area (Å²) in [5.74, 6) is -0.494. The van der Waals surface area contributed by atoms with Crippen LogP contribution >= 0.6 is 23.3 Å². The molecular weight excluding hydrogens is 342 g/mol. The predicted octanol–water partition coefficient (Wildman–Crippen LogP) is 3.60. The number of para-hydroxylation sites is 1. The third kappa shape index (κ3) is 3.18. The fourth-order valence-corrected chi connectivity index (χ4v) is 3.41. The van der Waals surface area contributed by atoms with Gasteiger partial charge in [-0.1, -0.05) is 30.0 Å². The van der Waals surface area contributed by atoms with E-state index in [1.165, 1.54) is 11.8 Å². The number of aryl methyl sites for hydroxylation is 1. The number of thioether (sulfide) groups is 1. The molecule has 0 spiro atoms. The van der Waals surface area contributed by atoms with Crippen molar-refractivity contribution in [2.24, 2.45) is 0 Å². The second kappa shape index (κ2) is 6.86. The van der Waals surface area contributed by atoms with Gasteiger partial charge in [0.2, 0.25) is 10.3 Å². The Bertz CT molecular complexity index is 980. The molecule has 2 aromatic heterocycles. The number of fused-ring (bicyclic) bond motifs is 1. The number of nitrogens with one attached hydrogen (secondary N) is 2. The summed E-state index contributed by atoms with van der Waals surface area (Å²) >= 11 is 2.48. The van der Waals surface area contributed by atoms with Crippen molar-refractivity contribution in [2.75, 3.05) is 11.6 Å². The van der Waals surface area contributed by atoms with Gasteiger partial charge in [0.15, 0.2) is 0 Å². The molecule has 2 N–H and O–H groups in total. The van der Waals surface area contributed by atoms with Gasteiger partial charge in [-0.3, -0.25) is 10.1 Å². The van der Waals surface area contributed by atoms with Crippen LogP contribution in [0.1, 0.15) is 11.3 Å². The second-order valence-corrected chi connectivity index (χ2v) is 6.44. The molecule has 120 valence electrons. The molecule has 6 nitrogen and oxygen atoms in total. The van der Waals surface area contributed by atoms with E-state index in [1.807, 2.05) is 43.5 Å². The molecule has 0 saturated heterocycles. The highest BCUT2D eigenvalue weighted by Crippen LogP contribution is 2.25. The topological polar surface area (TPSA) is 94.5 Å². The maximum absolute atomic E-state index is 12.3. The van der Waals surface area contributed by atoms with Crippen LogP contribution < -0.4 is 5.32 Å². The van der Waals surface area contributed by atoms with Gasteiger partial charge in [-0.25, -0.2) is 0 Å².